The summed E-state index contributed by atoms with van der Waals surface area (Å²) < 4.78 is 6.11. The summed E-state index contributed by atoms with van der Waals surface area (Å²) in [6, 6.07) is 11.5. The molecule has 0 aliphatic heterocycles. The highest BCUT2D eigenvalue weighted by molar-refractivity contribution is 9.10. The van der Waals surface area contributed by atoms with Crippen LogP contribution in [-0.4, -0.2) is 18.5 Å². The second-order valence-electron chi connectivity index (χ2n) is 5.10. The number of thiophene rings is 1. The van der Waals surface area contributed by atoms with E-state index in [-0.39, 0.29) is 12.5 Å². The fraction of sp³-hybridized carbons (Fsp3) is 0.294. The van der Waals surface area contributed by atoms with Gasteiger partial charge in [-0.05, 0) is 34.0 Å². The van der Waals surface area contributed by atoms with Gasteiger partial charge in [-0.15, -0.1) is 11.3 Å². The molecule has 1 aromatic heterocycles. The van der Waals surface area contributed by atoms with Crippen LogP contribution < -0.4 is 10.6 Å². The van der Waals surface area contributed by atoms with E-state index in [1.807, 2.05) is 41.8 Å². The van der Waals surface area contributed by atoms with E-state index in [2.05, 4.69) is 26.6 Å². The predicted molar refractivity (Wildman–Crippen MR) is 97.7 cm³/mol. The van der Waals surface area contributed by atoms with Crippen molar-refractivity contribution in [3.63, 3.8) is 0 Å². The Morgan fingerprint density at radius 1 is 1.17 bits per heavy atom. The molecule has 0 radical (unpaired) electrons. The number of benzene rings is 1. The Labute approximate surface area is 153 Å². The fourth-order valence-corrected chi connectivity index (χ4v) is 3.32. The molecule has 7 heteroatoms. The van der Waals surface area contributed by atoms with Crippen molar-refractivity contribution >= 4 is 39.3 Å². The molecule has 0 atom stereocenters. The quantitative estimate of drug-likeness (QED) is 0.649. The minimum atomic E-state index is -0.470. The maximum Gasteiger partial charge on any atom is 0.407 e. The summed E-state index contributed by atoms with van der Waals surface area (Å²) in [7, 11) is 0. The number of ether oxygens (including phenoxy) is 1. The van der Waals surface area contributed by atoms with E-state index in [0.717, 1.165) is 14.9 Å². The molecule has 2 rings (SSSR count). The number of hydrogen-bond acceptors (Lipinski definition) is 4. The van der Waals surface area contributed by atoms with E-state index >= 15 is 0 Å². The third-order valence-corrected chi connectivity index (χ3v) is 4.84. The summed E-state index contributed by atoms with van der Waals surface area (Å²) in [5, 5.41) is 7.47. The molecule has 2 aromatic rings. The molecule has 1 heterocycles. The molecular weight excluding hydrogens is 392 g/mol. The first-order valence-electron chi connectivity index (χ1n) is 7.57. The van der Waals surface area contributed by atoms with E-state index < -0.39 is 6.09 Å². The molecule has 0 saturated heterocycles. The highest BCUT2D eigenvalue weighted by Gasteiger charge is 2.05. The Morgan fingerprint density at radius 2 is 1.96 bits per heavy atom. The first kappa shape index (κ1) is 18.5. The number of alkyl carbamates (subject to hydrolysis) is 1. The Kier molecular flexibility index (Phi) is 7.77. The molecule has 2 amide bonds. The van der Waals surface area contributed by atoms with Gasteiger partial charge in [0.05, 0.1) is 6.54 Å². The van der Waals surface area contributed by atoms with Crippen LogP contribution in [0.4, 0.5) is 4.79 Å². The lowest BCUT2D eigenvalue weighted by molar-refractivity contribution is -0.121. The summed E-state index contributed by atoms with van der Waals surface area (Å²) in [5.74, 6) is -0.0287. The topological polar surface area (TPSA) is 67.4 Å². The Balaban J connectivity index is 1.52. The van der Waals surface area contributed by atoms with Gasteiger partial charge in [-0.25, -0.2) is 4.79 Å². The second-order valence-corrected chi connectivity index (χ2v) is 7.01. The highest BCUT2D eigenvalue weighted by atomic mass is 79.9. The van der Waals surface area contributed by atoms with Gasteiger partial charge in [0.1, 0.15) is 6.61 Å². The van der Waals surface area contributed by atoms with Crippen LogP contribution in [0.5, 0.6) is 0 Å². The third kappa shape index (κ3) is 7.14. The molecule has 0 bridgehead atoms. The van der Waals surface area contributed by atoms with Crippen LogP contribution in [0.1, 0.15) is 23.3 Å². The molecule has 0 saturated carbocycles. The lowest BCUT2D eigenvalue weighted by atomic mass is 10.2. The normalized spacial score (nSPS) is 10.2. The van der Waals surface area contributed by atoms with Gasteiger partial charge in [0.25, 0.3) is 0 Å². The maximum atomic E-state index is 11.7. The Hall–Kier alpha value is -1.86. The molecule has 5 nitrogen and oxygen atoms in total. The number of carbonyl (C=O) groups excluding carboxylic acids is 2. The lowest BCUT2D eigenvalue weighted by Crippen LogP contribution is -2.27. The predicted octanol–water partition coefficient (Wildman–Crippen LogP) is 3.83. The monoisotopic (exact) mass is 410 g/mol. The van der Waals surface area contributed by atoms with Gasteiger partial charge < -0.3 is 15.4 Å². The highest BCUT2D eigenvalue weighted by Crippen LogP contribution is 2.19. The smallest absolute Gasteiger partial charge is 0.407 e. The van der Waals surface area contributed by atoms with Crippen LogP contribution in [0.2, 0.25) is 0 Å². The molecular formula is C17H19BrN2O3S. The minimum Gasteiger partial charge on any atom is -0.445 e. The maximum absolute atomic E-state index is 11.7. The van der Waals surface area contributed by atoms with Crippen LogP contribution in [0, 0.1) is 0 Å². The van der Waals surface area contributed by atoms with Crippen molar-refractivity contribution in [1.29, 1.82) is 0 Å². The zero-order valence-electron chi connectivity index (χ0n) is 13.1. The van der Waals surface area contributed by atoms with Gasteiger partial charge in [-0.2, -0.15) is 0 Å². The molecule has 1 aromatic carbocycles. The number of carbonyl (C=O) groups is 2. The van der Waals surface area contributed by atoms with Gasteiger partial charge in [-0.1, -0.05) is 30.3 Å². The van der Waals surface area contributed by atoms with Crippen LogP contribution in [0.15, 0.2) is 46.3 Å². The summed E-state index contributed by atoms with van der Waals surface area (Å²) >= 11 is 4.97. The van der Waals surface area contributed by atoms with E-state index in [9.17, 15) is 9.59 Å². The third-order valence-electron chi connectivity index (χ3n) is 3.14. The van der Waals surface area contributed by atoms with Crippen LogP contribution >= 0.6 is 27.3 Å². The second kappa shape index (κ2) is 10.1. The van der Waals surface area contributed by atoms with E-state index in [1.165, 1.54) is 0 Å². The fourth-order valence-electron chi connectivity index (χ4n) is 1.93. The Bertz CT molecular complexity index is 661. The number of nitrogens with one attached hydrogen (secondary N) is 2. The van der Waals surface area contributed by atoms with Crippen LogP contribution in [0.25, 0.3) is 0 Å². The number of hydrogen-bond donors (Lipinski definition) is 2. The van der Waals surface area contributed by atoms with Crippen molar-refractivity contribution in [3.8, 4) is 0 Å². The molecule has 0 fully saturated rings. The Morgan fingerprint density at radius 3 is 2.67 bits per heavy atom. The summed E-state index contributed by atoms with van der Waals surface area (Å²) in [6.07, 6.45) is 0.467. The molecule has 0 unspecified atom stereocenters. The van der Waals surface area contributed by atoms with Gasteiger partial charge in [0, 0.05) is 27.7 Å². The summed E-state index contributed by atoms with van der Waals surface area (Å²) in [4.78, 5) is 24.3. The van der Waals surface area contributed by atoms with Gasteiger partial charge in [-0.3, -0.25) is 4.79 Å². The van der Waals surface area contributed by atoms with Crippen molar-refractivity contribution in [2.24, 2.45) is 0 Å². The largest absolute Gasteiger partial charge is 0.445 e. The molecule has 0 aliphatic carbocycles. The zero-order chi connectivity index (χ0) is 17.2. The van der Waals surface area contributed by atoms with Crippen molar-refractivity contribution in [2.45, 2.75) is 26.0 Å². The summed E-state index contributed by atoms with van der Waals surface area (Å²) in [5.41, 5.74) is 0.937. The van der Waals surface area contributed by atoms with Crippen molar-refractivity contribution < 1.29 is 14.3 Å². The van der Waals surface area contributed by atoms with E-state index in [1.54, 1.807) is 11.3 Å². The molecule has 2 N–H and O–H groups in total. The van der Waals surface area contributed by atoms with E-state index in [0.29, 0.717) is 25.9 Å². The molecule has 24 heavy (non-hydrogen) atoms. The molecule has 0 aliphatic rings. The van der Waals surface area contributed by atoms with Crippen LogP contribution in [0.3, 0.4) is 0 Å². The van der Waals surface area contributed by atoms with Gasteiger partial charge in [0.2, 0.25) is 5.91 Å². The first-order chi connectivity index (χ1) is 11.6. The zero-order valence-corrected chi connectivity index (χ0v) is 15.5. The van der Waals surface area contributed by atoms with Crippen LogP contribution in [-0.2, 0) is 22.7 Å². The number of rotatable bonds is 8. The van der Waals surface area contributed by atoms with Gasteiger partial charge >= 0.3 is 6.09 Å². The average molecular weight is 411 g/mol. The average Bonchev–Trinajstić information content (AvgIpc) is 3.01. The standard InChI is InChI=1S/C17H19BrN2O3S/c18-14-9-15(24-12-14)10-20-16(21)7-4-8-19-17(22)23-11-13-5-2-1-3-6-13/h1-3,5-6,9,12H,4,7-8,10-11H2,(H,19,22)(H,20,21). The number of halogens is 1. The molecule has 128 valence electrons. The van der Waals surface area contributed by atoms with E-state index in [4.69, 9.17) is 4.74 Å². The lowest BCUT2D eigenvalue weighted by Gasteiger charge is -2.07. The first-order valence-corrected chi connectivity index (χ1v) is 9.25. The summed E-state index contributed by atoms with van der Waals surface area (Å²) in [6.45, 7) is 1.18. The van der Waals surface area contributed by atoms with Crippen molar-refractivity contribution in [1.82, 2.24) is 10.6 Å². The van der Waals surface area contributed by atoms with Crippen molar-refractivity contribution in [2.75, 3.05) is 6.54 Å². The van der Waals surface area contributed by atoms with Crippen molar-refractivity contribution in [3.05, 3.63) is 56.7 Å². The van der Waals surface area contributed by atoms with Gasteiger partial charge in [0.15, 0.2) is 0 Å². The molecule has 0 spiro atoms. The number of amides is 2. The minimum absolute atomic E-state index is 0.0287. The SMILES string of the molecule is O=C(CCCNC(=O)OCc1ccccc1)NCc1cc(Br)cs1.